The van der Waals surface area contributed by atoms with Crippen molar-refractivity contribution in [3.05, 3.63) is 152 Å². The molecule has 320 valence electrons. The second-order valence-corrected chi connectivity index (χ2v) is 17.9. The topological polar surface area (TPSA) is 135 Å². The number of phenols is 1. The molecular weight excluding hydrogens is 930 g/mol. The maximum Gasteiger partial charge on any atom is 0.260 e. The van der Waals surface area contributed by atoms with E-state index >= 15 is 9.59 Å². The van der Waals surface area contributed by atoms with Gasteiger partial charge in [-0.25, -0.2) is 0 Å². The molecule has 13 heteroatoms. The number of fused-ring (bicyclic) bond motifs is 4. The second-order valence-electron chi connectivity index (χ2n) is 16.3. The Hall–Kier alpha value is -6.18. The number of hydrogen-bond donors (Lipinski definition) is 2. The average Bonchev–Trinajstić information content (AvgIpc) is 3.69. The van der Waals surface area contributed by atoms with Gasteiger partial charge in [0.2, 0.25) is 11.8 Å². The summed E-state index contributed by atoms with van der Waals surface area (Å²) in [4.78, 5) is 61.4. The predicted octanol–water partition coefficient (Wildman–Crippen LogP) is 9.61. The smallest absolute Gasteiger partial charge is 0.260 e. The van der Waals surface area contributed by atoms with Crippen LogP contribution < -0.4 is 24.5 Å². The third-order valence-corrected chi connectivity index (χ3v) is 15.3. The van der Waals surface area contributed by atoms with Crippen molar-refractivity contribution in [3.8, 4) is 23.0 Å². The minimum Gasteiger partial charge on any atom is -0.503 e. The number of imide groups is 2. The van der Waals surface area contributed by atoms with Gasteiger partial charge in [0.25, 0.3) is 11.8 Å². The van der Waals surface area contributed by atoms with Crippen molar-refractivity contribution in [1.82, 2.24) is 5.01 Å². The van der Waals surface area contributed by atoms with Gasteiger partial charge in [-0.3, -0.25) is 29.5 Å². The van der Waals surface area contributed by atoms with Crippen molar-refractivity contribution < 1.29 is 38.5 Å². The van der Waals surface area contributed by atoms with Gasteiger partial charge in [-0.2, -0.15) is 5.01 Å². The standard InChI is InChI=1S/C50H43Br2N3O8/c1-27-10-16-31(17-11-27)53-55-47(58)38-25-36-34(42(37-26-40(63-4)45(56)44(52)43(37)51)50(38,49(55)60)30-8-6-5-7-9-30)21-22-35-41(36)48(59)54(46(35)57)32-18-13-28(14-19-32)12-15-29-24-33(61-2)20-23-39(29)62-3/h5-21,23-24,26,35-36,38,41-42,53,56H,22,25H2,1-4H3. The number of ether oxygens (including phenoxy) is 3. The Labute approximate surface area is 381 Å². The number of rotatable bonds is 10. The number of allylic oxidation sites excluding steroid dienone is 2. The summed E-state index contributed by atoms with van der Waals surface area (Å²) >= 11 is 7.31. The van der Waals surface area contributed by atoms with Crippen molar-refractivity contribution >= 4 is 79.0 Å². The highest BCUT2D eigenvalue weighted by atomic mass is 79.9. The van der Waals surface area contributed by atoms with Crippen LogP contribution in [0.2, 0.25) is 0 Å². The van der Waals surface area contributed by atoms with Crippen molar-refractivity contribution in [1.29, 1.82) is 0 Å². The van der Waals surface area contributed by atoms with Crippen LogP contribution in [0.1, 0.15) is 46.6 Å². The van der Waals surface area contributed by atoms with E-state index in [-0.39, 0.29) is 36.2 Å². The first kappa shape index (κ1) is 42.1. The van der Waals surface area contributed by atoms with E-state index < -0.39 is 46.8 Å². The Balaban J connectivity index is 1.14. The van der Waals surface area contributed by atoms with Gasteiger partial charge in [0, 0.05) is 16.0 Å². The summed E-state index contributed by atoms with van der Waals surface area (Å²) in [6.45, 7) is 1.95. The van der Waals surface area contributed by atoms with Crippen molar-refractivity contribution in [2.45, 2.75) is 31.1 Å². The van der Waals surface area contributed by atoms with Crippen LogP contribution in [0.4, 0.5) is 11.4 Å². The number of nitrogens with zero attached hydrogens (tertiary/aromatic N) is 2. The maximum atomic E-state index is 15.6. The van der Waals surface area contributed by atoms with Crippen LogP contribution in [-0.4, -0.2) is 55.1 Å². The molecule has 9 rings (SSSR count). The number of benzene rings is 5. The lowest BCUT2D eigenvalue weighted by molar-refractivity contribution is -0.138. The lowest BCUT2D eigenvalue weighted by atomic mass is 9.49. The van der Waals surface area contributed by atoms with Gasteiger partial charge in [0.05, 0.1) is 60.3 Å². The summed E-state index contributed by atoms with van der Waals surface area (Å²) in [5.74, 6) is -4.10. The second kappa shape index (κ2) is 16.5. The minimum absolute atomic E-state index is 0.132. The first-order valence-corrected chi connectivity index (χ1v) is 22.1. The number of anilines is 2. The molecule has 63 heavy (non-hydrogen) atoms. The number of nitrogens with one attached hydrogen (secondary N) is 1. The molecule has 5 aromatic rings. The zero-order valence-electron chi connectivity index (χ0n) is 34.8. The van der Waals surface area contributed by atoms with E-state index in [0.29, 0.717) is 42.9 Å². The molecule has 0 radical (unpaired) electrons. The monoisotopic (exact) mass is 971 g/mol. The predicted molar refractivity (Wildman–Crippen MR) is 246 cm³/mol. The lowest BCUT2D eigenvalue weighted by Gasteiger charge is -2.51. The largest absolute Gasteiger partial charge is 0.503 e. The van der Waals surface area contributed by atoms with E-state index in [1.54, 1.807) is 32.4 Å². The van der Waals surface area contributed by atoms with Crippen LogP contribution in [0.15, 0.2) is 124 Å². The van der Waals surface area contributed by atoms with Crippen LogP contribution in [-0.2, 0) is 24.6 Å². The highest BCUT2D eigenvalue weighted by Gasteiger charge is 2.70. The van der Waals surface area contributed by atoms with E-state index in [0.717, 1.165) is 27.3 Å². The maximum absolute atomic E-state index is 15.6. The molecule has 2 N–H and O–H groups in total. The van der Waals surface area contributed by atoms with Gasteiger partial charge in [0.1, 0.15) is 11.5 Å². The fraction of sp³-hybridized carbons (Fsp3) is 0.240. The number of phenolic OH excluding ortho intramolecular Hbond substituents is 1. The first-order valence-electron chi connectivity index (χ1n) is 20.5. The fourth-order valence-corrected chi connectivity index (χ4v) is 11.2. The molecule has 6 unspecified atom stereocenters. The van der Waals surface area contributed by atoms with Crippen LogP contribution in [0.5, 0.6) is 23.0 Å². The van der Waals surface area contributed by atoms with Crippen molar-refractivity contribution in [2.75, 3.05) is 31.7 Å². The van der Waals surface area contributed by atoms with Gasteiger partial charge in [-0.15, -0.1) is 0 Å². The van der Waals surface area contributed by atoms with Crippen LogP contribution in [0.3, 0.4) is 0 Å². The molecule has 4 amide bonds. The molecule has 6 atom stereocenters. The number of aryl methyl sites for hydroxylation is 1. The molecule has 2 heterocycles. The highest BCUT2D eigenvalue weighted by Crippen LogP contribution is 2.65. The zero-order valence-corrected chi connectivity index (χ0v) is 38.0. The molecule has 1 saturated carbocycles. The Morgan fingerprint density at radius 1 is 0.762 bits per heavy atom. The number of aromatic hydroxyl groups is 1. The van der Waals surface area contributed by atoms with Gasteiger partial charge in [0.15, 0.2) is 11.5 Å². The Morgan fingerprint density at radius 2 is 1.48 bits per heavy atom. The summed E-state index contributed by atoms with van der Waals surface area (Å²) in [6.07, 6.45) is 6.20. The number of carbonyl (C=O) groups excluding carboxylic acids is 4. The molecule has 5 aromatic carbocycles. The van der Waals surface area contributed by atoms with Crippen LogP contribution in [0, 0.1) is 30.6 Å². The van der Waals surface area contributed by atoms with E-state index in [1.165, 1.54) is 12.0 Å². The molecule has 0 spiro atoms. The molecule has 0 aromatic heterocycles. The highest BCUT2D eigenvalue weighted by molar-refractivity contribution is 9.13. The molecule has 2 aliphatic heterocycles. The summed E-state index contributed by atoms with van der Waals surface area (Å²) in [5.41, 5.74) is 7.26. The summed E-state index contributed by atoms with van der Waals surface area (Å²) < 4.78 is 17.4. The van der Waals surface area contributed by atoms with E-state index in [4.69, 9.17) is 14.2 Å². The minimum atomic E-state index is -1.52. The average molecular weight is 974 g/mol. The van der Waals surface area contributed by atoms with Crippen LogP contribution in [0.25, 0.3) is 12.2 Å². The van der Waals surface area contributed by atoms with Gasteiger partial charge >= 0.3 is 0 Å². The molecular formula is C50H43Br2N3O8. The Kier molecular flexibility index (Phi) is 11.0. The molecule has 11 nitrogen and oxygen atoms in total. The van der Waals surface area contributed by atoms with Crippen molar-refractivity contribution in [3.63, 3.8) is 0 Å². The third-order valence-electron chi connectivity index (χ3n) is 13.1. The molecule has 3 fully saturated rings. The van der Waals surface area contributed by atoms with E-state index in [1.807, 2.05) is 110 Å². The number of amides is 4. The SMILES string of the molecule is COc1ccc(OC)c(C=Cc2ccc(N3C(=O)C4CC=C5C(CC6C(=O)N(Nc7ccc(C)cc7)C(=O)C6(c6ccccc6)C5c5cc(OC)c(O)c(Br)c5Br)C4C3=O)cc2)c1. The van der Waals surface area contributed by atoms with Crippen molar-refractivity contribution in [2.24, 2.45) is 23.7 Å². The van der Waals surface area contributed by atoms with E-state index in [2.05, 4.69) is 37.3 Å². The zero-order chi connectivity index (χ0) is 44.3. The third kappa shape index (κ3) is 6.75. The fourth-order valence-electron chi connectivity index (χ4n) is 10.2. The summed E-state index contributed by atoms with van der Waals surface area (Å²) in [5, 5.41) is 12.3. The van der Waals surface area contributed by atoms with E-state index in [9.17, 15) is 14.7 Å². The molecule has 2 saturated heterocycles. The Bertz CT molecular complexity index is 2740. The number of hydrazine groups is 1. The number of methoxy groups -OCH3 is 3. The normalized spacial score (nSPS) is 24.0. The summed E-state index contributed by atoms with van der Waals surface area (Å²) in [6, 6.07) is 31.1. The summed E-state index contributed by atoms with van der Waals surface area (Å²) in [7, 11) is 4.65. The first-order chi connectivity index (χ1) is 30.4. The molecule has 4 aliphatic rings. The number of halogens is 2. The number of carbonyl (C=O) groups is 4. The quantitative estimate of drug-likeness (QED) is 0.0798. The molecule has 0 bridgehead atoms. The van der Waals surface area contributed by atoms with Gasteiger partial charge < -0.3 is 19.3 Å². The van der Waals surface area contributed by atoms with Gasteiger partial charge in [-0.1, -0.05) is 84.0 Å². The van der Waals surface area contributed by atoms with Gasteiger partial charge in [-0.05, 0) is 123 Å². The Morgan fingerprint density at radius 3 is 2.16 bits per heavy atom. The molecule has 2 aliphatic carbocycles. The number of hydrogen-bond acceptors (Lipinski definition) is 9. The lowest BCUT2D eigenvalue weighted by Crippen LogP contribution is -2.53. The van der Waals surface area contributed by atoms with Crippen LogP contribution >= 0.6 is 31.9 Å².